The van der Waals surface area contributed by atoms with E-state index in [0.717, 1.165) is 19.4 Å². The highest BCUT2D eigenvalue weighted by Crippen LogP contribution is 2.33. The van der Waals surface area contributed by atoms with Crippen LogP contribution in [0.5, 0.6) is 0 Å². The van der Waals surface area contributed by atoms with Gasteiger partial charge in [0.25, 0.3) is 0 Å². The molecule has 0 atom stereocenters. The summed E-state index contributed by atoms with van der Waals surface area (Å²) in [5, 5.41) is 0. The van der Waals surface area contributed by atoms with Crippen molar-refractivity contribution in [3.8, 4) is 0 Å². The fraction of sp³-hybridized carbons (Fsp3) is 0.600. The van der Waals surface area contributed by atoms with Crippen molar-refractivity contribution >= 4 is 12.1 Å². The second-order valence-electron chi connectivity index (χ2n) is 4.31. The summed E-state index contributed by atoms with van der Waals surface area (Å²) in [6.07, 6.45) is 6.24. The van der Waals surface area contributed by atoms with Crippen LogP contribution in [0.25, 0.3) is 0 Å². The van der Waals surface area contributed by atoms with Gasteiger partial charge < -0.3 is 0 Å². The van der Waals surface area contributed by atoms with Crippen LogP contribution in [-0.4, -0.2) is 18.6 Å². The molecule has 0 aromatic heterocycles. The minimum atomic E-state index is 0.396. The average molecular weight is 162 g/mol. The van der Waals surface area contributed by atoms with Crippen molar-refractivity contribution in [2.45, 2.75) is 26.7 Å². The minimum Gasteiger partial charge on any atom is -0.269 e. The third-order valence-corrected chi connectivity index (χ3v) is 2.47. The zero-order valence-electron chi connectivity index (χ0n) is 7.67. The molecular weight excluding hydrogens is 148 g/mol. The van der Waals surface area contributed by atoms with E-state index < -0.39 is 0 Å². The first-order valence-corrected chi connectivity index (χ1v) is 4.42. The lowest BCUT2D eigenvalue weighted by Crippen LogP contribution is -2.25. The van der Waals surface area contributed by atoms with E-state index in [1.54, 1.807) is 6.34 Å². The molecule has 12 heavy (non-hydrogen) atoms. The van der Waals surface area contributed by atoms with Gasteiger partial charge in [0.1, 0.15) is 6.34 Å². The highest BCUT2D eigenvalue weighted by atomic mass is 14.9. The zero-order chi connectivity index (χ0) is 8.60. The Morgan fingerprint density at radius 1 is 1.42 bits per heavy atom. The van der Waals surface area contributed by atoms with E-state index >= 15 is 0 Å². The minimum absolute atomic E-state index is 0.396. The average Bonchev–Trinajstić information content (AvgIpc) is 2.02. The van der Waals surface area contributed by atoms with Gasteiger partial charge in [0.2, 0.25) is 0 Å². The third kappa shape index (κ3) is 1.33. The molecule has 64 valence electrons. The number of hydrogen-bond acceptors (Lipinski definition) is 2. The van der Waals surface area contributed by atoms with Crippen LogP contribution in [-0.2, 0) is 0 Å². The number of aliphatic imine (C=N–C) groups is 2. The molecular formula is C10H14N2. The Hall–Kier alpha value is -0.920. The van der Waals surface area contributed by atoms with E-state index in [2.05, 4.69) is 29.9 Å². The van der Waals surface area contributed by atoms with Gasteiger partial charge in [-0.15, -0.1) is 0 Å². The molecule has 0 amide bonds. The Morgan fingerprint density at radius 2 is 2.25 bits per heavy atom. The zero-order valence-corrected chi connectivity index (χ0v) is 7.67. The first kappa shape index (κ1) is 7.71. The molecule has 0 fully saturated rings. The quantitative estimate of drug-likeness (QED) is 0.521. The molecule has 0 saturated heterocycles. The van der Waals surface area contributed by atoms with Crippen molar-refractivity contribution in [1.82, 2.24) is 0 Å². The highest BCUT2D eigenvalue weighted by molar-refractivity contribution is 6.06. The Labute approximate surface area is 73.1 Å². The summed E-state index contributed by atoms with van der Waals surface area (Å²) in [6, 6.07) is 0. The summed E-state index contributed by atoms with van der Waals surface area (Å²) in [6.45, 7) is 5.41. The molecule has 1 heterocycles. The molecule has 2 rings (SSSR count). The molecule has 0 N–H and O–H groups in total. The molecule has 0 saturated carbocycles. The summed E-state index contributed by atoms with van der Waals surface area (Å²) in [4.78, 5) is 8.43. The second kappa shape index (κ2) is 2.54. The highest BCUT2D eigenvalue weighted by Gasteiger charge is 2.26. The van der Waals surface area contributed by atoms with E-state index in [-0.39, 0.29) is 0 Å². The molecule has 0 bridgehead atoms. The van der Waals surface area contributed by atoms with Gasteiger partial charge in [-0.05, 0) is 23.8 Å². The fourth-order valence-corrected chi connectivity index (χ4v) is 1.69. The van der Waals surface area contributed by atoms with Crippen molar-refractivity contribution in [3.63, 3.8) is 0 Å². The summed E-state index contributed by atoms with van der Waals surface area (Å²) in [7, 11) is 0. The Kier molecular flexibility index (Phi) is 1.63. The lowest BCUT2D eigenvalue weighted by molar-refractivity contribution is 0.381. The fourth-order valence-electron chi connectivity index (χ4n) is 1.69. The molecule has 2 heteroatoms. The molecule has 2 nitrogen and oxygen atoms in total. The van der Waals surface area contributed by atoms with Crippen LogP contribution in [0.2, 0.25) is 0 Å². The van der Waals surface area contributed by atoms with E-state index in [9.17, 15) is 0 Å². The van der Waals surface area contributed by atoms with Gasteiger partial charge in [-0.25, -0.2) is 4.99 Å². The van der Waals surface area contributed by atoms with Crippen LogP contribution in [0.15, 0.2) is 21.6 Å². The molecule has 0 aromatic carbocycles. The third-order valence-electron chi connectivity index (χ3n) is 2.47. The van der Waals surface area contributed by atoms with Gasteiger partial charge in [0.15, 0.2) is 0 Å². The van der Waals surface area contributed by atoms with Gasteiger partial charge in [0, 0.05) is 5.71 Å². The van der Waals surface area contributed by atoms with Crippen LogP contribution >= 0.6 is 0 Å². The van der Waals surface area contributed by atoms with Gasteiger partial charge in [-0.3, -0.25) is 4.99 Å². The van der Waals surface area contributed by atoms with E-state index in [4.69, 9.17) is 0 Å². The molecule has 0 aromatic rings. The first-order valence-electron chi connectivity index (χ1n) is 4.42. The van der Waals surface area contributed by atoms with Crippen molar-refractivity contribution in [1.29, 1.82) is 0 Å². The van der Waals surface area contributed by atoms with E-state index in [0.29, 0.717) is 5.41 Å². The van der Waals surface area contributed by atoms with Crippen LogP contribution in [0.1, 0.15) is 26.7 Å². The molecule has 2 aliphatic rings. The summed E-state index contributed by atoms with van der Waals surface area (Å²) >= 11 is 0. The lowest BCUT2D eigenvalue weighted by atomic mass is 9.77. The van der Waals surface area contributed by atoms with Crippen molar-refractivity contribution in [3.05, 3.63) is 11.6 Å². The normalized spacial score (nSPS) is 25.8. The topological polar surface area (TPSA) is 24.7 Å². The summed E-state index contributed by atoms with van der Waals surface area (Å²) in [5.74, 6) is 0. The molecule has 1 aliphatic carbocycles. The van der Waals surface area contributed by atoms with Crippen LogP contribution in [0, 0.1) is 5.41 Å². The number of nitrogens with zero attached hydrogens (tertiary/aromatic N) is 2. The Balaban J connectivity index is 2.31. The standard InChI is InChI=1S/C10H14N2/c1-10(2)4-3-8-6-11-7-12-9(8)5-10/h3,7H,4-6H2,1-2H3. The van der Waals surface area contributed by atoms with Crippen LogP contribution in [0.3, 0.4) is 0 Å². The predicted octanol–water partition coefficient (Wildman–Crippen LogP) is 2.22. The lowest BCUT2D eigenvalue weighted by Gasteiger charge is -2.30. The Morgan fingerprint density at radius 3 is 3.08 bits per heavy atom. The van der Waals surface area contributed by atoms with Crippen molar-refractivity contribution in [2.24, 2.45) is 15.4 Å². The van der Waals surface area contributed by atoms with Crippen LogP contribution < -0.4 is 0 Å². The summed E-state index contributed by atoms with van der Waals surface area (Å²) < 4.78 is 0. The van der Waals surface area contributed by atoms with Crippen molar-refractivity contribution in [2.75, 3.05) is 6.54 Å². The van der Waals surface area contributed by atoms with Gasteiger partial charge >= 0.3 is 0 Å². The number of allylic oxidation sites excluding steroid dienone is 1. The van der Waals surface area contributed by atoms with E-state index in [1.807, 2.05) is 0 Å². The van der Waals surface area contributed by atoms with Gasteiger partial charge in [0.05, 0.1) is 6.54 Å². The Bertz CT molecular complexity index is 282. The summed E-state index contributed by atoms with van der Waals surface area (Å²) in [5.41, 5.74) is 2.99. The van der Waals surface area contributed by atoms with Crippen molar-refractivity contribution < 1.29 is 0 Å². The largest absolute Gasteiger partial charge is 0.269 e. The molecule has 0 radical (unpaired) electrons. The van der Waals surface area contributed by atoms with Gasteiger partial charge in [-0.1, -0.05) is 19.9 Å². The maximum absolute atomic E-state index is 4.30. The predicted molar refractivity (Wildman–Crippen MR) is 51.9 cm³/mol. The second-order valence-corrected chi connectivity index (χ2v) is 4.31. The van der Waals surface area contributed by atoms with E-state index in [1.165, 1.54) is 11.3 Å². The first-order chi connectivity index (χ1) is 5.67. The maximum atomic E-state index is 4.30. The van der Waals surface area contributed by atoms with Gasteiger partial charge in [-0.2, -0.15) is 0 Å². The number of hydrogen-bond donors (Lipinski definition) is 0. The SMILES string of the molecule is CC1(C)CC=C2CN=CN=C2C1. The number of rotatable bonds is 0. The van der Waals surface area contributed by atoms with Crippen LogP contribution in [0.4, 0.5) is 0 Å². The number of fused-ring (bicyclic) bond motifs is 1. The smallest absolute Gasteiger partial charge is 0.110 e. The molecule has 0 spiro atoms. The molecule has 0 unspecified atom stereocenters. The maximum Gasteiger partial charge on any atom is 0.110 e. The monoisotopic (exact) mass is 162 g/mol. The molecule has 1 aliphatic heterocycles.